The third kappa shape index (κ3) is 2.77. The number of rotatable bonds is 3. The summed E-state index contributed by atoms with van der Waals surface area (Å²) in [6, 6.07) is 8.27. The first-order chi connectivity index (χ1) is 8.58. The molecular weight excluding hydrogens is 224 g/mol. The topological polar surface area (TPSA) is 63.8 Å². The summed E-state index contributed by atoms with van der Waals surface area (Å²) in [5.41, 5.74) is 10.1. The van der Waals surface area contributed by atoms with Gasteiger partial charge in [-0.25, -0.2) is 4.98 Å². The molecule has 0 aliphatic rings. The summed E-state index contributed by atoms with van der Waals surface area (Å²) in [5.74, 6) is 1.06. The monoisotopic (exact) mass is 242 g/mol. The molecule has 0 saturated heterocycles. The van der Waals surface area contributed by atoms with Crippen LogP contribution in [0.5, 0.6) is 0 Å². The van der Waals surface area contributed by atoms with Gasteiger partial charge in [0.25, 0.3) is 0 Å². The Morgan fingerprint density at radius 3 is 2.33 bits per heavy atom. The largest absolute Gasteiger partial charge is 0.370 e. The Morgan fingerprint density at radius 2 is 1.72 bits per heavy atom. The van der Waals surface area contributed by atoms with E-state index in [9.17, 15) is 0 Å². The van der Waals surface area contributed by atoms with Crippen LogP contribution in [0.2, 0.25) is 0 Å². The quantitative estimate of drug-likeness (QED) is 0.868. The van der Waals surface area contributed by atoms with E-state index in [1.165, 1.54) is 11.1 Å². The van der Waals surface area contributed by atoms with Crippen LogP contribution in [0.25, 0.3) is 11.3 Å². The molecule has 0 amide bonds. The molecular formula is C14H18N4. The zero-order valence-corrected chi connectivity index (χ0v) is 11.0. The van der Waals surface area contributed by atoms with E-state index in [-0.39, 0.29) is 0 Å². The standard InChI is InChI=1S/C14H18N4/c1-4-16-13-8-12(17-14(15)18-13)11-6-9(2)5-10(3)7-11/h5-8H,4H2,1-3H3,(H3,15,16,17,18). The smallest absolute Gasteiger partial charge is 0.222 e. The fourth-order valence-corrected chi connectivity index (χ4v) is 2.01. The van der Waals surface area contributed by atoms with Gasteiger partial charge in [-0.3, -0.25) is 0 Å². The van der Waals surface area contributed by atoms with Gasteiger partial charge >= 0.3 is 0 Å². The molecule has 0 spiro atoms. The second-order valence-corrected chi connectivity index (χ2v) is 4.40. The Labute approximate surface area is 107 Å². The minimum Gasteiger partial charge on any atom is -0.370 e. The minimum absolute atomic E-state index is 0.294. The molecule has 94 valence electrons. The van der Waals surface area contributed by atoms with Gasteiger partial charge in [-0.15, -0.1) is 0 Å². The van der Waals surface area contributed by atoms with Gasteiger partial charge < -0.3 is 11.1 Å². The first-order valence-electron chi connectivity index (χ1n) is 6.05. The van der Waals surface area contributed by atoms with Gasteiger partial charge in [0.2, 0.25) is 5.95 Å². The number of aryl methyl sites for hydroxylation is 2. The molecule has 1 aromatic carbocycles. The van der Waals surface area contributed by atoms with Crippen molar-refractivity contribution in [3.05, 3.63) is 35.4 Å². The molecule has 18 heavy (non-hydrogen) atoms. The molecule has 0 bridgehead atoms. The normalized spacial score (nSPS) is 10.4. The van der Waals surface area contributed by atoms with Gasteiger partial charge in [0, 0.05) is 18.2 Å². The number of hydrogen-bond acceptors (Lipinski definition) is 4. The van der Waals surface area contributed by atoms with Crippen molar-refractivity contribution in [1.29, 1.82) is 0 Å². The third-order valence-electron chi connectivity index (χ3n) is 2.62. The summed E-state index contributed by atoms with van der Waals surface area (Å²) >= 11 is 0. The Bertz CT molecular complexity index is 543. The SMILES string of the molecule is CCNc1cc(-c2cc(C)cc(C)c2)nc(N)n1. The van der Waals surface area contributed by atoms with E-state index in [1.807, 2.05) is 13.0 Å². The molecule has 1 heterocycles. The van der Waals surface area contributed by atoms with E-state index in [2.05, 4.69) is 47.3 Å². The summed E-state index contributed by atoms with van der Waals surface area (Å²) < 4.78 is 0. The number of anilines is 2. The first-order valence-corrected chi connectivity index (χ1v) is 6.05. The molecule has 0 atom stereocenters. The van der Waals surface area contributed by atoms with Crippen molar-refractivity contribution in [3.63, 3.8) is 0 Å². The average Bonchev–Trinajstić information content (AvgIpc) is 2.27. The lowest BCUT2D eigenvalue weighted by Gasteiger charge is -2.08. The molecule has 0 radical (unpaired) electrons. The van der Waals surface area contributed by atoms with Gasteiger partial charge in [0.15, 0.2) is 0 Å². The lowest BCUT2D eigenvalue weighted by Crippen LogP contribution is -2.04. The van der Waals surface area contributed by atoms with Gasteiger partial charge in [0.05, 0.1) is 5.69 Å². The van der Waals surface area contributed by atoms with Crippen LogP contribution in [0.4, 0.5) is 11.8 Å². The lowest BCUT2D eigenvalue weighted by molar-refractivity contribution is 1.12. The van der Waals surface area contributed by atoms with Crippen LogP contribution in [0.1, 0.15) is 18.1 Å². The van der Waals surface area contributed by atoms with Crippen LogP contribution in [-0.2, 0) is 0 Å². The highest BCUT2D eigenvalue weighted by Crippen LogP contribution is 2.23. The number of nitrogens with two attached hydrogens (primary N) is 1. The fourth-order valence-electron chi connectivity index (χ4n) is 2.01. The summed E-state index contributed by atoms with van der Waals surface area (Å²) in [6.07, 6.45) is 0. The number of nitrogen functional groups attached to an aromatic ring is 1. The Kier molecular flexibility index (Phi) is 3.46. The number of aromatic nitrogens is 2. The maximum Gasteiger partial charge on any atom is 0.222 e. The van der Waals surface area contributed by atoms with Crippen molar-refractivity contribution in [1.82, 2.24) is 9.97 Å². The summed E-state index contributed by atoms with van der Waals surface area (Å²) in [7, 11) is 0. The number of nitrogens with one attached hydrogen (secondary N) is 1. The minimum atomic E-state index is 0.294. The molecule has 0 fully saturated rings. The third-order valence-corrected chi connectivity index (χ3v) is 2.62. The molecule has 4 heteroatoms. The molecule has 0 aliphatic carbocycles. The molecule has 2 rings (SSSR count). The molecule has 4 nitrogen and oxygen atoms in total. The van der Waals surface area contributed by atoms with Crippen molar-refractivity contribution in [2.75, 3.05) is 17.6 Å². The van der Waals surface area contributed by atoms with Crippen molar-refractivity contribution in [3.8, 4) is 11.3 Å². The number of nitrogens with zero attached hydrogens (tertiary/aromatic N) is 2. The summed E-state index contributed by atoms with van der Waals surface area (Å²) in [4.78, 5) is 8.44. The fraction of sp³-hybridized carbons (Fsp3) is 0.286. The molecule has 0 saturated carbocycles. The van der Waals surface area contributed by atoms with Crippen LogP contribution in [0.3, 0.4) is 0 Å². The van der Waals surface area contributed by atoms with Gasteiger partial charge in [-0.2, -0.15) is 4.98 Å². The van der Waals surface area contributed by atoms with E-state index in [4.69, 9.17) is 5.73 Å². The zero-order chi connectivity index (χ0) is 13.1. The van der Waals surface area contributed by atoms with E-state index in [1.54, 1.807) is 0 Å². The van der Waals surface area contributed by atoms with Crippen molar-refractivity contribution < 1.29 is 0 Å². The second-order valence-electron chi connectivity index (χ2n) is 4.40. The summed E-state index contributed by atoms with van der Waals surface area (Å²) in [5, 5.41) is 3.16. The predicted octanol–water partition coefficient (Wildman–Crippen LogP) is 2.77. The highest BCUT2D eigenvalue weighted by molar-refractivity contribution is 5.65. The molecule has 0 aliphatic heterocycles. The summed E-state index contributed by atoms with van der Waals surface area (Å²) in [6.45, 7) is 6.98. The Balaban J connectivity index is 2.49. The van der Waals surface area contributed by atoms with Gasteiger partial charge in [-0.05, 0) is 32.9 Å². The van der Waals surface area contributed by atoms with Crippen LogP contribution < -0.4 is 11.1 Å². The molecule has 1 aromatic heterocycles. The van der Waals surface area contributed by atoms with E-state index in [0.717, 1.165) is 23.6 Å². The van der Waals surface area contributed by atoms with Crippen molar-refractivity contribution in [2.45, 2.75) is 20.8 Å². The average molecular weight is 242 g/mol. The maximum atomic E-state index is 5.74. The highest BCUT2D eigenvalue weighted by atomic mass is 15.1. The molecule has 0 unspecified atom stereocenters. The molecule has 3 N–H and O–H groups in total. The van der Waals surface area contributed by atoms with Crippen LogP contribution in [0.15, 0.2) is 24.3 Å². The zero-order valence-electron chi connectivity index (χ0n) is 11.0. The molecule has 2 aromatic rings. The Morgan fingerprint density at radius 1 is 1.06 bits per heavy atom. The van der Waals surface area contributed by atoms with E-state index in [0.29, 0.717) is 5.95 Å². The first kappa shape index (κ1) is 12.4. The Hall–Kier alpha value is -2.10. The highest BCUT2D eigenvalue weighted by Gasteiger charge is 2.05. The van der Waals surface area contributed by atoms with Crippen LogP contribution in [-0.4, -0.2) is 16.5 Å². The van der Waals surface area contributed by atoms with Gasteiger partial charge in [0.1, 0.15) is 5.82 Å². The van der Waals surface area contributed by atoms with Crippen LogP contribution >= 0.6 is 0 Å². The second kappa shape index (κ2) is 5.04. The van der Waals surface area contributed by atoms with Crippen molar-refractivity contribution in [2.24, 2.45) is 0 Å². The number of benzene rings is 1. The predicted molar refractivity (Wildman–Crippen MR) is 75.5 cm³/mol. The number of hydrogen-bond donors (Lipinski definition) is 2. The van der Waals surface area contributed by atoms with Crippen LogP contribution in [0, 0.1) is 13.8 Å². The maximum absolute atomic E-state index is 5.74. The van der Waals surface area contributed by atoms with E-state index < -0.39 is 0 Å². The van der Waals surface area contributed by atoms with Gasteiger partial charge in [-0.1, -0.05) is 17.2 Å². The van der Waals surface area contributed by atoms with Crippen molar-refractivity contribution >= 4 is 11.8 Å². The van der Waals surface area contributed by atoms with E-state index >= 15 is 0 Å². The lowest BCUT2D eigenvalue weighted by atomic mass is 10.0.